The first-order valence-corrected chi connectivity index (χ1v) is 3.78. The number of nitrogens with two attached hydrogens (primary N) is 1. The Morgan fingerprint density at radius 3 is 3.00 bits per heavy atom. The molecular weight excluding hydrogens is 152 g/mol. The van der Waals surface area contributed by atoms with Crippen molar-refractivity contribution in [3.8, 4) is 0 Å². The molecule has 1 heterocycles. The van der Waals surface area contributed by atoms with E-state index in [2.05, 4.69) is 4.98 Å². The summed E-state index contributed by atoms with van der Waals surface area (Å²) >= 11 is 0. The topological polar surface area (TPSA) is 62.0 Å². The quantitative estimate of drug-likeness (QED) is 0.552. The summed E-state index contributed by atoms with van der Waals surface area (Å²) in [5.41, 5.74) is 8.22. The molecule has 0 aliphatic carbocycles. The van der Waals surface area contributed by atoms with Crippen LogP contribution in [0.15, 0.2) is 24.4 Å². The maximum absolute atomic E-state index is 8.95. The van der Waals surface area contributed by atoms with Crippen molar-refractivity contribution in [1.29, 1.82) is 0 Å². The highest BCUT2D eigenvalue weighted by atomic mass is 16.3. The number of fused-ring (bicyclic) bond motifs is 1. The minimum Gasteiger partial charge on any atom is -0.397 e. The molecule has 12 heavy (non-hydrogen) atoms. The molecule has 0 aliphatic heterocycles. The average Bonchev–Trinajstić information content (AvgIpc) is 2.49. The van der Waals surface area contributed by atoms with Crippen molar-refractivity contribution in [2.24, 2.45) is 0 Å². The van der Waals surface area contributed by atoms with E-state index in [0.717, 1.165) is 16.5 Å². The van der Waals surface area contributed by atoms with Gasteiger partial charge < -0.3 is 15.8 Å². The van der Waals surface area contributed by atoms with Gasteiger partial charge in [-0.15, -0.1) is 0 Å². The van der Waals surface area contributed by atoms with Crippen molar-refractivity contribution in [2.45, 2.75) is 6.61 Å². The van der Waals surface area contributed by atoms with Crippen molar-refractivity contribution >= 4 is 16.6 Å². The fourth-order valence-corrected chi connectivity index (χ4v) is 1.37. The second-order valence-corrected chi connectivity index (χ2v) is 2.74. The zero-order valence-electron chi connectivity index (χ0n) is 6.54. The molecule has 0 radical (unpaired) electrons. The largest absolute Gasteiger partial charge is 0.397 e. The molecule has 0 atom stereocenters. The van der Waals surface area contributed by atoms with E-state index in [1.165, 1.54) is 0 Å². The van der Waals surface area contributed by atoms with Crippen molar-refractivity contribution in [2.75, 3.05) is 5.73 Å². The number of rotatable bonds is 1. The van der Waals surface area contributed by atoms with Crippen molar-refractivity contribution in [1.82, 2.24) is 4.98 Å². The molecule has 2 rings (SSSR count). The van der Waals surface area contributed by atoms with E-state index in [1.54, 1.807) is 6.20 Å². The second-order valence-electron chi connectivity index (χ2n) is 2.74. The number of aliphatic hydroxyl groups excluding tert-OH is 1. The Labute approximate surface area is 69.8 Å². The van der Waals surface area contributed by atoms with Gasteiger partial charge in [0.15, 0.2) is 0 Å². The fraction of sp³-hybridized carbons (Fsp3) is 0.111. The minimum absolute atomic E-state index is 0.0451. The monoisotopic (exact) mass is 162 g/mol. The number of hydrogen-bond acceptors (Lipinski definition) is 2. The molecule has 0 unspecified atom stereocenters. The summed E-state index contributed by atoms with van der Waals surface area (Å²) in [5, 5.41) is 9.95. The molecule has 3 nitrogen and oxygen atoms in total. The first-order chi connectivity index (χ1) is 5.83. The van der Waals surface area contributed by atoms with E-state index >= 15 is 0 Å². The van der Waals surface area contributed by atoms with E-state index < -0.39 is 0 Å². The third-order valence-corrected chi connectivity index (χ3v) is 2.00. The van der Waals surface area contributed by atoms with Crippen LogP contribution in [-0.2, 0) is 6.61 Å². The lowest BCUT2D eigenvalue weighted by molar-refractivity contribution is 0.283. The first-order valence-electron chi connectivity index (χ1n) is 3.78. The van der Waals surface area contributed by atoms with E-state index in [0.29, 0.717) is 5.69 Å². The average molecular weight is 162 g/mol. The van der Waals surface area contributed by atoms with E-state index in [9.17, 15) is 0 Å². The van der Waals surface area contributed by atoms with Crippen LogP contribution in [0.1, 0.15) is 5.56 Å². The van der Waals surface area contributed by atoms with Crippen LogP contribution in [0.25, 0.3) is 10.9 Å². The summed E-state index contributed by atoms with van der Waals surface area (Å²) in [6.07, 6.45) is 1.78. The fourth-order valence-electron chi connectivity index (χ4n) is 1.37. The Bertz CT molecular complexity index is 406. The zero-order chi connectivity index (χ0) is 8.55. The maximum Gasteiger partial charge on any atom is 0.0702 e. The summed E-state index contributed by atoms with van der Waals surface area (Å²) in [6.45, 7) is 0.0451. The smallest absolute Gasteiger partial charge is 0.0702 e. The Balaban J connectivity index is 2.80. The number of nitrogen functional groups attached to an aromatic ring is 1. The lowest BCUT2D eigenvalue weighted by Crippen LogP contribution is -1.85. The minimum atomic E-state index is 0.0451. The summed E-state index contributed by atoms with van der Waals surface area (Å²) < 4.78 is 0. The van der Waals surface area contributed by atoms with Crippen LogP contribution in [0.2, 0.25) is 0 Å². The number of H-pyrrole nitrogens is 1. The van der Waals surface area contributed by atoms with Gasteiger partial charge in [0.1, 0.15) is 0 Å². The normalized spacial score (nSPS) is 10.8. The molecule has 0 spiro atoms. The molecule has 0 saturated carbocycles. The third kappa shape index (κ3) is 0.871. The van der Waals surface area contributed by atoms with Gasteiger partial charge >= 0.3 is 0 Å². The van der Waals surface area contributed by atoms with Gasteiger partial charge in [-0.25, -0.2) is 0 Å². The molecule has 0 aliphatic rings. The van der Waals surface area contributed by atoms with Gasteiger partial charge in [0.05, 0.1) is 17.8 Å². The summed E-state index contributed by atoms with van der Waals surface area (Å²) in [6, 6.07) is 5.65. The second kappa shape index (κ2) is 2.53. The van der Waals surface area contributed by atoms with E-state index in [4.69, 9.17) is 10.8 Å². The molecule has 2 aromatic rings. The Morgan fingerprint density at radius 2 is 2.25 bits per heavy atom. The molecule has 1 aromatic carbocycles. The van der Waals surface area contributed by atoms with Gasteiger partial charge in [-0.1, -0.05) is 12.1 Å². The summed E-state index contributed by atoms with van der Waals surface area (Å²) in [4.78, 5) is 3.02. The maximum atomic E-state index is 8.95. The molecule has 0 fully saturated rings. The number of hydrogen-bond donors (Lipinski definition) is 3. The molecule has 0 bridgehead atoms. The van der Waals surface area contributed by atoms with Gasteiger partial charge in [-0.05, 0) is 6.07 Å². The number of nitrogens with one attached hydrogen (secondary N) is 1. The van der Waals surface area contributed by atoms with Crippen LogP contribution < -0.4 is 5.73 Å². The lowest BCUT2D eigenvalue weighted by Gasteiger charge is -1.95. The molecule has 4 N–H and O–H groups in total. The zero-order valence-corrected chi connectivity index (χ0v) is 6.54. The van der Waals surface area contributed by atoms with Gasteiger partial charge in [-0.2, -0.15) is 0 Å². The summed E-state index contributed by atoms with van der Waals surface area (Å²) in [5.74, 6) is 0. The number of aromatic nitrogens is 1. The molecule has 0 saturated heterocycles. The molecular formula is C9H10N2O. The predicted octanol–water partition coefficient (Wildman–Crippen LogP) is 1.24. The Kier molecular flexibility index (Phi) is 1.52. The predicted molar refractivity (Wildman–Crippen MR) is 48.6 cm³/mol. The van der Waals surface area contributed by atoms with Crippen molar-refractivity contribution < 1.29 is 5.11 Å². The molecule has 62 valence electrons. The highest BCUT2D eigenvalue weighted by molar-refractivity contribution is 5.92. The van der Waals surface area contributed by atoms with Crippen molar-refractivity contribution in [3.63, 3.8) is 0 Å². The van der Waals surface area contributed by atoms with E-state index in [1.807, 2.05) is 18.2 Å². The third-order valence-electron chi connectivity index (χ3n) is 2.00. The van der Waals surface area contributed by atoms with Crippen LogP contribution in [0.4, 0.5) is 5.69 Å². The molecule has 0 amide bonds. The van der Waals surface area contributed by atoms with Gasteiger partial charge in [0.25, 0.3) is 0 Å². The van der Waals surface area contributed by atoms with Crippen LogP contribution >= 0.6 is 0 Å². The SMILES string of the molecule is Nc1cccc2c(CO)c[nH]c12. The molecule has 3 heteroatoms. The van der Waals surface area contributed by atoms with Gasteiger partial charge in [-0.3, -0.25) is 0 Å². The van der Waals surface area contributed by atoms with Gasteiger partial charge in [0.2, 0.25) is 0 Å². The van der Waals surface area contributed by atoms with Crippen LogP contribution in [0, 0.1) is 0 Å². The number of anilines is 1. The number of para-hydroxylation sites is 1. The molecule has 1 aromatic heterocycles. The standard InChI is InChI=1S/C9H10N2O/c10-8-3-1-2-7-6(5-12)4-11-9(7)8/h1-4,11-12H,5,10H2. The van der Waals surface area contributed by atoms with Gasteiger partial charge in [0, 0.05) is 17.1 Å². The highest BCUT2D eigenvalue weighted by Gasteiger charge is 2.03. The number of aliphatic hydroxyl groups is 1. The first kappa shape index (κ1) is 7.18. The van der Waals surface area contributed by atoms with Crippen LogP contribution in [0.5, 0.6) is 0 Å². The van der Waals surface area contributed by atoms with Crippen LogP contribution in [-0.4, -0.2) is 10.1 Å². The Morgan fingerprint density at radius 1 is 1.42 bits per heavy atom. The lowest BCUT2D eigenvalue weighted by atomic mass is 10.1. The number of benzene rings is 1. The summed E-state index contributed by atoms with van der Waals surface area (Å²) in [7, 11) is 0. The van der Waals surface area contributed by atoms with Crippen LogP contribution in [0.3, 0.4) is 0 Å². The van der Waals surface area contributed by atoms with Crippen molar-refractivity contribution in [3.05, 3.63) is 30.0 Å². The van der Waals surface area contributed by atoms with E-state index in [-0.39, 0.29) is 6.61 Å². The number of aromatic amines is 1. The highest BCUT2D eigenvalue weighted by Crippen LogP contribution is 2.22. The Hall–Kier alpha value is -1.48.